The normalized spacial score (nSPS) is 17.4. The summed E-state index contributed by atoms with van der Waals surface area (Å²) in [5.41, 5.74) is 9.77. The Bertz CT molecular complexity index is 773. The summed E-state index contributed by atoms with van der Waals surface area (Å²) in [6.45, 7) is 4.55. The fraction of sp³-hybridized carbons (Fsp3) is 0.529. The van der Waals surface area contributed by atoms with E-state index < -0.39 is 6.09 Å². The van der Waals surface area contributed by atoms with E-state index in [4.69, 9.17) is 20.6 Å². The molecule has 8 nitrogen and oxygen atoms in total. The number of nitrogens with two attached hydrogens (primary N) is 1. The molecule has 1 fully saturated rings. The molecular weight excluding hydrogens is 322 g/mol. The highest BCUT2D eigenvalue weighted by molar-refractivity contribution is 5.96. The van der Waals surface area contributed by atoms with Crippen LogP contribution in [0.1, 0.15) is 18.7 Å². The van der Waals surface area contributed by atoms with Gasteiger partial charge in [-0.1, -0.05) is 0 Å². The molecule has 1 aliphatic rings. The zero-order chi connectivity index (χ0) is 18.0. The standard InChI is InChI=1S/C17H25N5O3/c1-11-20-15-14(21(11)8-9-25-2)6-5-13(18)16(15)22-7-3-4-12(22)10-19-17(23)24/h5-6,12,19H,3-4,7-10,18H2,1-2H3,(H,23,24). The third kappa shape index (κ3) is 3.34. The number of carboxylic acid groups (broad SMARTS) is 1. The lowest BCUT2D eigenvalue weighted by atomic mass is 10.1. The highest BCUT2D eigenvalue weighted by Crippen LogP contribution is 2.37. The number of aryl methyl sites for hydroxylation is 1. The van der Waals surface area contributed by atoms with Gasteiger partial charge in [-0.25, -0.2) is 9.78 Å². The number of benzene rings is 1. The monoisotopic (exact) mass is 347 g/mol. The van der Waals surface area contributed by atoms with Crippen molar-refractivity contribution >= 4 is 28.5 Å². The lowest BCUT2D eigenvalue weighted by Crippen LogP contribution is -2.40. The van der Waals surface area contributed by atoms with E-state index in [9.17, 15) is 4.79 Å². The molecule has 136 valence electrons. The van der Waals surface area contributed by atoms with E-state index in [2.05, 4.69) is 14.8 Å². The second kappa shape index (κ2) is 7.18. The molecule has 2 heterocycles. The Morgan fingerprint density at radius 1 is 1.52 bits per heavy atom. The molecule has 1 unspecified atom stereocenters. The molecule has 0 radical (unpaired) electrons. The van der Waals surface area contributed by atoms with Crippen LogP contribution in [0.15, 0.2) is 12.1 Å². The summed E-state index contributed by atoms with van der Waals surface area (Å²) in [5, 5.41) is 11.4. The topological polar surface area (TPSA) is 106 Å². The molecule has 1 saturated heterocycles. The number of nitrogens with one attached hydrogen (secondary N) is 1. The van der Waals surface area contributed by atoms with Gasteiger partial charge in [0.15, 0.2) is 0 Å². The van der Waals surface area contributed by atoms with Crippen molar-refractivity contribution in [3.8, 4) is 0 Å². The minimum Gasteiger partial charge on any atom is -0.465 e. The second-order valence-corrected chi connectivity index (χ2v) is 6.35. The molecule has 0 saturated carbocycles. The third-order valence-corrected chi connectivity index (χ3v) is 4.79. The van der Waals surface area contributed by atoms with Crippen LogP contribution >= 0.6 is 0 Å². The molecule has 0 aliphatic carbocycles. The van der Waals surface area contributed by atoms with Gasteiger partial charge in [0.2, 0.25) is 0 Å². The number of nitrogen functional groups attached to an aromatic ring is 1. The largest absolute Gasteiger partial charge is 0.465 e. The zero-order valence-electron chi connectivity index (χ0n) is 14.7. The molecule has 1 aromatic carbocycles. The number of carbonyl (C=O) groups is 1. The van der Waals surface area contributed by atoms with E-state index in [1.165, 1.54) is 0 Å². The van der Waals surface area contributed by atoms with Gasteiger partial charge >= 0.3 is 6.09 Å². The summed E-state index contributed by atoms with van der Waals surface area (Å²) in [6.07, 6.45) is 0.933. The Morgan fingerprint density at radius 2 is 2.32 bits per heavy atom. The van der Waals surface area contributed by atoms with Crippen molar-refractivity contribution in [1.82, 2.24) is 14.9 Å². The van der Waals surface area contributed by atoms with Crippen molar-refractivity contribution in [1.29, 1.82) is 0 Å². The molecule has 0 bridgehead atoms. The smallest absolute Gasteiger partial charge is 0.404 e. The maximum atomic E-state index is 10.8. The maximum Gasteiger partial charge on any atom is 0.404 e. The van der Waals surface area contributed by atoms with Gasteiger partial charge in [-0.15, -0.1) is 0 Å². The van der Waals surface area contributed by atoms with Crippen LogP contribution in [0.3, 0.4) is 0 Å². The molecule has 1 atom stereocenters. The Hall–Kier alpha value is -2.48. The molecule has 8 heteroatoms. The number of ether oxygens (including phenoxy) is 1. The molecule has 1 amide bonds. The van der Waals surface area contributed by atoms with Crippen LogP contribution in [0.2, 0.25) is 0 Å². The molecule has 25 heavy (non-hydrogen) atoms. The summed E-state index contributed by atoms with van der Waals surface area (Å²) in [4.78, 5) is 17.8. The molecule has 1 aliphatic heterocycles. The Balaban J connectivity index is 2.00. The maximum absolute atomic E-state index is 10.8. The lowest BCUT2D eigenvalue weighted by molar-refractivity contribution is 0.187. The summed E-state index contributed by atoms with van der Waals surface area (Å²) in [6, 6.07) is 3.99. The number of fused-ring (bicyclic) bond motifs is 1. The van der Waals surface area contributed by atoms with Crippen LogP contribution < -0.4 is 16.0 Å². The number of imidazole rings is 1. The van der Waals surface area contributed by atoms with Crippen molar-refractivity contribution < 1.29 is 14.6 Å². The first kappa shape index (κ1) is 17.3. The fourth-order valence-electron chi connectivity index (χ4n) is 3.62. The first-order valence-electron chi connectivity index (χ1n) is 8.50. The van der Waals surface area contributed by atoms with E-state index in [1.54, 1.807) is 7.11 Å². The van der Waals surface area contributed by atoms with Gasteiger partial charge in [0.1, 0.15) is 11.3 Å². The van der Waals surface area contributed by atoms with E-state index >= 15 is 0 Å². The van der Waals surface area contributed by atoms with Gasteiger partial charge in [0.25, 0.3) is 0 Å². The van der Waals surface area contributed by atoms with Gasteiger partial charge in [-0.05, 0) is 31.9 Å². The molecule has 4 N–H and O–H groups in total. The van der Waals surface area contributed by atoms with Crippen molar-refractivity contribution in [2.75, 3.05) is 37.4 Å². The quantitative estimate of drug-likeness (QED) is 0.688. The van der Waals surface area contributed by atoms with E-state index in [1.807, 2.05) is 19.1 Å². The highest BCUT2D eigenvalue weighted by Gasteiger charge is 2.29. The average molecular weight is 347 g/mol. The Labute approximate surface area is 146 Å². The van der Waals surface area contributed by atoms with E-state index in [0.29, 0.717) is 18.8 Å². The van der Waals surface area contributed by atoms with Gasteiger partial charge in [0, 0.05) is 32.8 Å². The van der Waals surface area contributed by atoms with E-state index in [-0.39, 0.29) is 6.04 Å². The predicted molar refractivity (Wildman–Crippen MR) is 97.2 cm³/mol. The predicted octanol–water partition coefficient (Wildman–Crippen LogP) is 1.81. The average Bonchev–Trinajstić information content (AvgIpc) is 3.15. The number of anilines is 2. The van der Waals surface area contributed by atoms with Crippen molar-refractivity contribution in [2.45, 2.75) is 32.4 Å². The summed E-state index contributed by atoms with van der Waals surface area (Å²) in [5.74, 6) is 0.915. The van der Waals surface area contributed by atoms with Gasteiger partial charge in [-0.3, -0.25) is 0 Å². The third-order valence-electron chi connectivity index (χ3n) is 4.79. The first-order chi connectivity index (χ1) is 12.0. The molecular formula is C17H25N5O3. The van der Waals surface area contributed by atoms with Crippen molar-refractivity contribution in [3.05, 3.63) is 18.0 Å². The Morgan fingerprint density at radius 3 is 3.04 bits per heavy atom. The minimum atomic E-state index is -1.00. The van der Waals surface area contributed by atoms with Gasteiger partial charge in [0.05, 0.1) is 23.5 Å². The molecule has 3 rings (SSSR count). The SMILES string of the molecule is COCCn1c(C)nc2c(N3CCCC3CNC(=O)O)c(N)ccc21. The van der Waals surface area contributed by atoms with Crippen LogP contribution in [-0.2, 0) is 11.3 Å². The molecule has 2 aromatic rings. The van der Waals surface area contributed by atoms with Gasteiger partial charge in [-0.2, -0.15) is 0 Å². The number of rotatable bonds is 6. The number of amides is 1. The highest BCUT2D eigenvalue weighted by atomic mass is 16.5. The van der Waals surface area contributed by atoms with Crippen LogP contribution in [0.4, 0.5) is 16.2 Å². The lowest BCUT2D eigenvalue weighted by Gasteiger charge is -2.28. The molecule has 1 aromatic heterocycles. The number of methoxy groups -OCH3 is 1. The Kier molecular flexibility index (Phi) is 4.98. The summed E-state index contributed by atoms with van der Waals surface area (Å²) >= 11 is 0. The van der Waals surface area contributed by atoms with Gasteiger partial charge < -0.3 is 30.4 Å². The zero-order valence-corrected chi connectivity index (χ0v) is 14.7. The second-order valence-electron chi connectivity index (χ2n) is 6.35. The number of aromatic nitrogens is 2. The van der Waals surface area contributed by atoms with Crippen molar-refractivity contribution in [2.24, 2.45) is 0 Å². The van der Waals surface area contributed by atoms with Crippen LogP contribution in [0.5, 0.6) is 0 Å². The van der Waals surface area contributed by atoms with Crippen molar-refractivity contribution in [3.63, 3.8) is 0 Å². The van der Waals surface area contributed by atoms with Crippen LogP contribution in [-0.4, -0.2) is 53.6 Å². The van der Waals surface area contributed by atoms with E-state index in [0.717, 1.165) is 48.5 Å². The fourth-order valence-corrected chi connectivity index (χ4v) is 3.62. The van der Waals surface area contributed by atoms with Crippen LogP contribution in [0, 0.1) is 6.92 Å². The number of hydrogen-bond acceptors (Lipinski definition) is 5. The number of nitrogens with zero attached hydrogens (tertiary/aromatic N) is 3. The summed E-state index contributed by atoms with van der Waals surface area (Å²) in [7, 11) is 1.68. The molecule has 0 spiro atoms. The van der Waals surface area contributed by atoms with Crippen LogP contribution in [0.25, 0.3) is 11.0 Å². The number of hydrogen-bond donors (Lipinski definition) is 3. The first-order valence-corrected chi connectivity index (χ1v) is 8.50. The minimum absolute atomic E-state index is 0.0911. The summed E-state index contributed by atoms with van der Waals surface area (Å²) < 4.78 is 7.32.